The quantitative estimate of drug-likeness (QED) is 0.615. The number of ketones is 1. The lowest BCUT2D eigenvalue weighted by molar-refractivity contribution is -0.117. The van der Waals surface area contributed by atoms with Gasteiger partial charge in [0.05, 0.1) is 11.8 Å². The highest BCUT2D eigenvalue weighted by molar-refractivity contribution is 5.94. The second-order valence-corrected chi connectivity index (χ2v) is 2.60. The predicted molar refractivity (Wildman–Crippen MR) is 36.2 cm³/mol. The Bertz CT molecular complexity index is 203. The topological polar surface area (TPSA) is 43.1 Å². The molecule has 62 valence electrons. The number of halogens is 2. The van der Waals surface area contributed by atoms with Gasteiger partial charge in [0, 0.05) is 6.54 Å². The highest BCUT2D eigenvalue weighted by Gasteiger charge is 2.70. The van der Waals surface area contributed by atoms with Gasteiger partial charge >= 0.3 is 0 Å². The molecule has 11 heavy (non-hydrogen) atoms. The van der Waals surface area contributed by atoms with E-state index in [4.69, 9.17) is 5.73 Å². The zero-order chi connectivity index (χ0) is 8.65. The van der Waals surface area contributed by atoms with Crippen molar-refractivity contribution in [1.82, 2.24) is 0 Å². The molecule has 0 saturated heterocycles. The Kier molecular flexibility index (Phi) is 1.80. The molecule has 1 saturated carbocycles. The van der Waals surface area contributed by atoms with E-state index in [-0.39, 0.29) is 6.54 Å². The normalized spacial score (nSPS) is 33.0. The lowest BCUT2D eigenvalue weighted by Gasteiger charge is -1.88. The summed E-state index contributed by atoms with van der Waals surface area (Å²) in [5, 5.41) is 0. The van der Waals surface area contributed by atoms with Crippen LogP contribution >= 0.6 is 0 Å². The van der Waals surface area contributed by atoms with Gasteiger partial charge in [-0.3, -0.25) is 4.79 Å². The summed E-state index contributed by atoms with van der Waals surface area (Å²) in [6.45, 7) is 2.99. The lowest BCUT2D eigenvalue weighted by atomic mass is 10.2. The van der Waals surface area contributed by atoms with E-state index >= 15 is 0 Å². The summed E-state index contributed by atoms with van der Waals surface area (Å²) in [4.78, 5) is 10.7. The van der Waals surface area contributed by atoms with Crippen LogP contribution in [-0.4, -0.2) is 18.3 Å². The molecule has 0 aromatic rings. The molecule has 0 spiro atoms. The van der Waals surface area contributed by atoms with Crippen molar-refractivity contribution in [2.45, 2.75) is 5.92 Å². The molecular formula is C7H9F2NO. The molecular weight excluding hydrogens is 152 g/mol. The average Bonchev–Trinajstić information content (AvgIpc) is 2.51. The maximum atomic E-state index is 12.5. The zero-order valence-electron chi connectivity index (χ0n) is 5.89. The summed E-state index contributed by atoms with van der Waals surface area (Å²) in [7, 11) is 0. The fraction of sp³-hybridized carbons (Fsp3) is 0.571. The molecule has 4 heteroatoms. The number of nitrogens with two attached hydrogens (primary N) is 1. The summed E-state index contributed by atoms with van der Waals surface area (Å²) in [5.74, 6) is -5.66. The maximum Gasteiger partial charge on any atom is 0.263 e. The van der Waals surface area contributed by atoms with E-state index in [9.17, 15) is 13.6 Å². The smallest absolute Gasteiger partial charge is 0.263 e. The Morgan fingerprint density at radius 1 is 1.73 bits per heavy atom. The van der Waals surface area contributed by atoms with E-state index in [1.807, 2.05) is 0 Å². The standard InChI is InChI=1S/C7H9F2NO/c1-2-5(11)6-4(3-10)7(6,8)9/h2,4,6H,1,3,10H2. The van der Waals surface area contributed by atoms with Gasteiger partial charge in [0.25, 0.3) is 5.92 Å². The van der Waals surface area contributed by atoms with Gasteiger partial charge in [0.15, 0.2) is 5.78 Å². The maximum absolute atomic E-state index is 12.5. The molecule has 2 nitrogen and oxygen atoms in total. The largest absolute Gasteiger partial charge is 0.330 e. The van der Waals surface area contributed by atoms with Crippen molar-refractivity contribution >= 4 is 5.78 Å². The molecule has 0 aromatic carbocycles. The molecule has 2 atom stereocenters. The molecule has 0 aliphatic heterocycles. The van der Waals surface area contributed by atoms with Gasteiger partial charge in [-0.05, 0) is 6.08 Å². The lowest BCUT2D eigenvalue weighted by Crippen LogP contribution is -2.07. The van der Waals surface area contributed by atoms with Crippen LogP contribution in [0, 0.1) is 11.8 Å². The second-order valence-electron chi connectivity index (χ2n) is 2.60. The van der Waals surface area contributed by atoms with Crippen LogP contribution in [0.1, 0.15) is 0 Å². The van der Waals surface area contributed by atoms with Crippen molar-refractivity contribution in [2.24, 2.45) is 17.6 Å². The third kappa shape index (κ3) is 1.07. The van der Waals surface area contributed by atoms with Gasteiger partial charge < -0.3 is 5.73 Å². The van der Waals surface area contributed by atoms with Crippen LogP contribution in [0.2, 0.25) is 0 Å². The molecule has 0 aromatic heterocycles. The van der Waals surface area contributed by atoms with Crippen molar-refractivity contribution in [1.29, 1.82) is 0 Å². The van der Waals surface area contributed by atoms with E-state index in [1.54, 1.807) is 0 Å². The minimum Gasteiger partial charge on any atom is -0.330 e. The molecule has 1 aliphatic rings. The van der Waals surface area contributed by atoms with Crippen molar-refractivity contribution < 1.29 is 13.6 Å². The van der Waals surface area contributed by atoms with E-state index in [0.29, 0.717) is 0 Å². The first-order valence-corrected chi connectivity index (χ1v) is 3.29. The fourth-order valence-corrected chi connectivity index (χ4v) is 1.20. The van der Waals surface area contributed by atoms with Crippen LogP contribution in [0.25, 0.3) is 0 Å². The van der Waals surface area contributed by atoms with Gasteiger partial charge in [-0.25, -0.2) is 8.78 Å². The van der Waals surface area contributed by atoms with E-state index in [0.717, 1.165) is 6.08 Å². The van der Waals surface area contributed by atoms with Gasteiger partial charge in [-0.2, -0.15) is 0 Å². The molecule has 1 rings (SSSR count). The van der Waals surface area contributed by atoms with Crippen molar-refractivity contribution in [2.75, 3.05) is 6.54 Å². The minimum absolute atomic E-state index is 0.142. The highest BCUT2D eigenvalue weighted by Crippen LogP contribution is 2.55. The first-order chi connectivity index (χ1) is 5.05. The zero-order valence-corrected chi connectivity index (χ0v) is 5.89. The Morgan fingerprint density at radius 2 is 2.27 bits per heavy atom. The van der Waals surface area contributed by atoms with Gasteiger partial charge in [0.1, 0.15) is 0 Å². The van der Waals surface area contributed by atoms with Crippen LogP contribution in [0.4, 0.5) is 8.78 Å². The van der Waals surface area contributed by atoms with Crippen LogP contribution < -0.4 is 5.73 Å². The molecule has 2 N–H and O–H groups in total. The van der Waals surface area contributed by atoms with Crippen LogP contribution in [0.15, 0.2) is 12.7 Å². The summed E-state index contributed by atoms with van der Waals surface area (Å²) >= 11 is 0. The summed E-state index contributed by atoms with van der Waals surface area (Å²) in [6.07, 6.45) is 0.925. The van der Waals surface area contributed by atoms with Crippen LogP contribution in [-0.2, 0) is 4.79 Å². The number of rotatable bonds is 3. The Labute approximate surface area is 63.1 Å². The Morgan fingerprint density at radius 3 is 2.55 bits per heavy atom. The molecule has 0 bridgehead atoms. The van der Waals surface area contributed by atoms with E-state index in [1.165, 1.54) is 0 Å². The molecule has 1 fully saturated rings. The Balaban J connectivity index is 2.65. The van der Waals surface area contributed by atoms with Crippen molar-refractivity contribution in [3.63, 3.8) is 0 Å². The van der Waals surface area contributed by atoms with Gasteiger partial charge in [-0.15, -0.1) is 0 Å². The van der Waals surface area contributed by atoms with E-state index in [2.05, 4.69) is 6.58 Å². The third-order valence-corrected chi connectivity index (χ3v) is 1.96. The Hall–Kier alpha value is -0.770. The van der Waals surface area contributed by atoms with Crippen molar-refractivity contribution in [3.8, 4) is 0 Å². The monoisotopic (exact) mass is 161 g/mol. The molecule has 0 radical (unpaired) electrons. The van der Waals surface area contributed by atoms with Gasteiger partial charge in [-0.1, -0.05) is 6.58 Å². The van der Waals surface area contributed by atoms with Gasteiger partial charge in [0.2, 0.25) is 0 Å². The second kappa shape index (κ2) is 2.37. The molecule has 2 unspecified atom stereocenters. The first kappa shape index (κ1) is 8.33. The molecule has 0 amide bonds. The van der Waals surface area contributed by atoms with Crippen LogP contribution in [0.3, 0.4) is 0 Å². The first-order valence-electron chi connectivity index (χ1n) is 3.29. The number of hydrogen-bond donors (Lipinski definition) is 1. The summed E-state index contributed by atoms with van der Waals surface area (Å²) in [6, 6.07) is 0. The molecule has 1 aliphatic carbocycles. The molecule has 0 heterocycles. The number of carbonyl (C=O) groups excluding carboxylic acids is 1. The van der Waals surface area contributed by atoms with Crippen LogP contribution in [0.5, 0.6) is 0 Å². The number of hydrogen-bond acceptors (Lipinski definition) is 2. The SMILES string of the molecule is C=CC(=O)C1C(CN)C1(F)F. The fourth-order valence-electron chi connectivity index (χ4n) is 1.20. The average molecular weight is 161 g/mol. The third-order valence-electron chi connectivity index (χ3n) is 1.96. The van der Waals surface area contributed by atoms with E-state index < -0.39 is 23.5 Å². The number of alkyl halides is 2. The number of allylic oxidation sites excluding steroid dienone is 1. The predicted octanol–water partition coefficient (Wildman–Crippen LogP) is 0.582. The number of carbonyl (C=O) groups is 1. The highest BCUT2D eigenvalue weighted by atomic mass is 19.3. The summed E-state index contributed by atoms with van der Waals surface area (Å²) in [5.41, 5.74) is 5.03. The summed E-state index contributed by atoms with van der Waals surface area (Å²) < 4.78 is 25.1. The van der Waals surface area contributed by atoms with Crippen molar-refractivity contribution in [3.05, 3.63) is 12.7 Å². The minimum atomic E-state index is -2.89.